The number of imide groups is 1. The molecule has 1 fully saturated rings. The van der Waals surface area contributed by atoms with Crippen LogP contribution in [0.1, 0.15) is 30.1 Å². The van der Waals surface area contributed by atoms with Crippen LogP contribution in [0, 0.1) is 0 Å². The SMILES string of the molecule is CCOC(=O)[C@@H]1CCC(=O)N1C(=O)c1ccc(Cl)cc1. The lowest BCUT2D eigenvalue weighted by molar-refractivity contribution is -0.149. The largest absolute Gasteiger partial charge is 0.464 e. The van der Waals surface area contributed by atoms with Gasteiger partial charge in [0.1, 0.15) is 6.04 Å². The third-order valence-corrected chi connectivity index (χ3v) is 3.33. The molecule has 20 heavy (non-hydrogen) atoms. The van der Waals surface area contributed by atoms with Crippen LogP contribution in [0.4, 0.5) is 0 Å². The molecule has 6 heteroatoms. The summed E-state index contributed by atoms with van der Waals surface area (Å²) in [5, 5.41) is 0.497. The molecule has 0 aliphatic carbocycles. The highest BCUT2D eigenvalue weighted by Gasteiger charge is 2.41. The molecule has 1 aliphatic rings. The van der Waals surface area contributed by atoms with Crippen LogP contribution < -0.4 is 0 Å². The number of nitrogens with zero attached hydrogens (tertiary/aromatic N) is 1. The standard InChI is InChI=1S/C14H14ClNO4/c1-2-20-14(19)11-7-8-12(17)16(11)13(18)9-3-5-10(15)6-4-9/h3-6,11H,2,7-8H2,1H3/t11-/m0/s1. The lowest BCUT2D eigenvalue weighted by atomic mass is 10.1. The summed E-state index contributed by atoms with van der Waals surface area (Å²) >= 11 is 5.76. The Morgan fingerprint density at radius 2 is 2.00 bits per heavy atom. The van der Waals surface area contributed by atoms with Gasteiger partial charge in [-0.1, -0.05) is 11.6 Å². The molecule has 5 nitrogen and oxygen atoms in total. The van der Waals surface area contributed by atoms with Crippen molar-refractivity contribution < 1.29 is 19.1 Å². The van der Waals surface area contributed by atoms with E-state index in [1.807, 2.05) is 0 Å². The van der Waals surface area contributed by atoms with Crippen LogP contribution in [0.5, 0.6) is 0 Å². The zero-order chi connectivity index (χ0) is 14.7. The smallest absolute Gasteiger partial charge is 0.329 e. The van der Waals surface area contributed by atoms with E-state index in [0.29, 0.717) is 17.0 Å². The number of ether oxygens (including phenoxy) is 1. The molecule has 0 bridgehead atoms. The van der Waals surface area contributed by atoms with E-state index in [2.05, 4.69) is 0 Å². The quantitative estimate of drug-likeness (QED) is 0.632. The molecule has 1 aromatic carbocycles. The van der Waals surface area contributed by atoms with Crippen molar-refractivity contribution in [3.8, 4) is 0 Å². The number of halogens is 1. The number of carbonyl (C=O) groups excluding carboxylic acids is 3. The number of esters is 1. The van der Waals surface area contributed by atoms with Gasteiger partial charge in [0.15, 0.2) is 0 Å². The Kier molecular flexibility index (Phi) is 4.39. The molecule has 1 saturated heterocycles. The highest BCUT2D eigenvalue weighted by Crippen LogP contribution is 2.23. The molecular weight excluding hydrogens is 282 g/mol. The Balaban J connectivity index is 2.23. The van der Waals surface area contributed by atoms with E-state index >= 15 is 0 Å². The number of benzene rings is 1. The second-order valence-electron chi connectivity index (χ2n) is 4.38. The summed E-state index contributed by atoms with van der Waals surface area (Å²) in [6, 6.07) is 5.35. The molecule has 0 aromatic heterocycles. The van der Waals surface area contributed by atoms with Gasteiger partial charge < -0.3 is 4.74 Å². The third kappa shape index (κ3) is 2.82. The predicted molar refractivity (Wildman–Crippen MR) is 72.3 cm³/mol. The second-order valence-corrected chi connectivity index (χ2v) is 4.82. The number of amides is 2. The summed E-state index contributed by atoms with van der Waals surface area (Å²) in [7, 11) is 0. The van der Waals surface area contributed by atoms with Gasteiger partial charge in [-0.15, -0.1) is 0 Å². The number of hydrogen-bond donors (Lipinski definition) is 0. The van der Waals surface area contributed by atoms with Crippen molar-refractivity contribution in [2.45, 2.75) is 25.8 Å². The molecule has 2 rings (SSSR count). The maximum Gasteiger partial charge on any atom is 0.329 e. The fraction of sp³-hybridized carbons (Fsp3) is 0.357. The van der Waals surface area contributed by atoms with E-state index in [9.17, 15) is 14.4 Å². The molecule has 0 unspecified atom stereocenters. The summed E-state index contributed by atoms with van der Waals surface area (Å²) in [6.07, 6.45) is 0.472. The average Bonchev–Trinajstić information content (AvgIpc) is 2.81. The van der Waals surface area contributed by atoms with Crippen LogP contribution in [0.2, 0.25) is 5.02 Å². The van der Waals surface area contributed by atoms with Gasteiger partial charge in [0.2, 0.25) is 5.91 Å². The van der Waals surface area contributed by atoms with Crippen LogP contribution >= 0.6 is 11.6 Å². The molecule has 1 aromatic rings. The molecule has 0 N–H and O–H groups in total. The first kappa shape index (κ1) is 14.5. The molecule has 1 atom stereocenters. The van der Waals surface area contributed by atoms with Gasteiger partial charge in [0, 0.05) is 17.0 Å². The lowest BCUT2D eigenvalue weighted by Crippen LogP contribution is -2.43. The number of hydrogen-bond acceptors (Lipinski definition) is 4. The van der Waals surface area contributed by atoms with Crippen molar-refractivity contribution in [1.29, 1.82) is 0 Å². The molecule has 0 radical (unpaired) electrons. The molecule has 106 valence electrons. The minimum Gasteiger partial charge on any atom is -0.464 e. The van der Waals surface area contributed by atoms with Crippen molar-refractivity contribution >= 4 is 29.4 Å². The van der Waals surface area contributed by atoms with E-state index in [4.69, 9.17) is 16.3 Å². The number of carbonyl (C=O) groups is 3. The van der Waals surface area contributed by atoms with Gasteiger partial charge in [0.05, 0.1) is 6.61 Å². The second kappa shape index (κ2) is 6.05. The summed E-state index contributed by atoms with van der Waals surface area (Å²) in [5.41, 5.74) is 0.318. The van der Waals surface area contributed by atoms with Gasteiger partial charge in [-0.3, -0.25) is 14.5 Å². The monoisotopic (exact) mass is 295 g/mol. The van der Waals surface area contributed by atoms with E-state index in [1.54, 1.807) is 19.1 Å². The number of likely N-dealkylation sites (tertiary alicyclic amines) is 1. The summed E-state index contributed by atoms with van der Waals surface area (Å²) in [4.78, 5) is 37.0. The van der Waals surface area contributed by atoms with Crippen LogP contribution in [-0.2, 0) is 14.3 Å². The first-order valence-electron chi connectivity index (χ1n) is 6.33. The van der Waals surface area contributed by atoms with Gasteiger partial charge in [-0.25, -0.2) is 4.79 Å². The van der Waals surface area contributed by atoms with Crippen molar-refractivity contribution in [3.63, 3.8) is 0 Å². The summed E-state index contributed by atoms with van der Waals surface area (Å²) < 4.78 is 4.90. The third-order valence-electron chi connectivity index (χ3n) is 3.08. The van der Waals surface area contributed by atoms with Crippen LogP contribution in [-0.4, -0.2) is 35.3 Å². The number of rotatable bonds is 3. The Labute approximate surface area is 121 Å². The Hall–Kier alpha value is -1.88. The molecular formula is C14H14ClNO4. The maximum atomic E-state index is 12.3. The first-order chi connectivity index (χ1) is 9.54. The van der Waals surface area contributed by atoms with Crippen molar-refractivity contribution in [1.82, 2.24) is 4.90 Å². The van der Waals surface area contributed by atoms with E-state index < -0.39 is 17.9 Å². The minimum atomic E-state index is -0.828. The topological polar surface area (TPSA) is 63.7 Å². The molecule has 2 amide bonds. The van der Waals surface area contributed by atoms with E-state index in [1.165, 1.54) is 12.1 Å². The average molecular weight is 296 g/mol. The molecule has 0 saturated carbocycles. The van der Waals surface area contributed by atoms with Crippen LogP contribution in [0.3, 0.4) is 0 Å². The molecule has 1 heterocycles. The van der Waals surface area contributed by atoms with E-state index in [0.717, 1.165) is 4.90 Å². The van der Waals surface area contributed by atoms with Crippen molar-refractivity contribution in [3.05, 3.63) is 34.9 Å². The van der Waals surface area contributed by atoms with E-state index in [-0.39, 0.29) is 18.9 Å². The van der Waals surface area contributed by atoms with Gasteiger partial charge in [-0.05, 0) is 37.6 Å². The van der Waals surface area contributed by atoms with Gasteiger partial charge >= 0.3 is 5.97 Å². The Morgan fingerprint density at radius 3 is 2.60 bits per heavy atom. The fourth-order valence-electron chi connectivity index (χ4n) is 2.13. The van der Waals surface area contributed by atoms with Crippen LogP contribution in [0.15, 0.2) is 24.3 Å². The van der Waals surface area contributed by atoms with Gasteiger partial charge in [-0.2, -0.15) is 0 Å². The summed E-state index contributed by atoms with van der Waals surface area (Å²) in [6.45, 7) is 1.90. The van der Waals surface area contributed by atoms with Crippen molar-refractivity contribution in [2.75, 3.05) is 6.61 Å². The molecule has 0 spiro atoms. The fourth-order valence-corrected chi connectivity index (χ4v) is 2.26. The zero-order valence-electron chi connectivity index (χ0n) is 11.0. The van der Waals surface area contributed by atoms with Crippen LogP contribution in [0.25, 0.3) is 0 Å². The minimum absolute atomic E-state index is 0.169. The lowest BCUT2D eigenvalue weighted by Gasteiger charge is -2.21. The predicted octanol–water partition coefficient (Wildman–Crippen LogP) is 2.03. The Bertz CT molecular complexity index is 541. The van der Waals surface area contributed by atoms with Crippen molar-refractivity contribution in [2.24, 2.45) is 0 Å². The normalized spacial score (nSPS) is 18.2. The first-order valence-corrected chi connectivity index (χ1v) is 6.71. The van der Waals surface area contributed by atoms with Gasteiger partial charge in [0.25, 0.3) is 5.91 Å². The maximum absolute atomic E-state index is 12.3. The highest BCUT2D eigenvalue weighted by molar-refractivity contribution is 6.30. The Morgan fingerprint density at radius 1 is 1.35 bits per heavy atom. The zero-order valence-corrected chi connectivity index (χ0v) is 11.7. The summed E-state index contributed by atoms with van der Waals surface area (Å²) in [5.74, 6) is -1.40. The molecule has 1 aliphatic heterocycles. The highest BCUT2D eigenvalue weighted by atomic mass is 35.5.